The number of carbonyl (C=O) groups is 2. The average molecular weight is 280 g/mol. The number of carbonyl (C=O) groups excluding carboxylic acids is 1. The molecule has 1 aliphatic carbocycles. The lowest BCUT2D eigenvalue weighted by molar-refractivity contribution is -0.130. The molecule has 0 atom stereocenters. The van der Waals surface area contributed by atoms with Crippen LogP contribution in [0.1, 0.15) is 54.7 Å². The van der Waals surface area contributed by atoms with Crippen LogP contribution in [0.15, 0.2) is 0 Å². The number of carboxylic acid groups (broad SMARTS) is 1. The maximum atomic E-state index is 12.1. The van der Waals surface area contributed by atoms with Crippen LogP contribution in [0, 0.1) is 0 Å². The first-order valence-electron chi connectivity index (χ1n) is 6.95. The van der Waals surface area contributed by atoms with Crippen LogP contribution in [0.5, 0.6) is 0 Å². The van der Waals surface area contributed by atoms with E-state index in [1.807, 2.05) is 0 Å². The van der Waals surface area contributed by atoms with E-state index in [2.05, 4.69) is 17.2 Å². The molecule has 0 spiro atoms. The quantitative estimate of drug-likeness (QED) is 0.808. The molecule has 1 amide bonds. The summed E-state index contributed by atoms with van der Waals surface area (Å²) in [5, 5.41) is 16.6. The second kappa shape index (κ2) is 6.02. The van der Waals surface area contributed by atoms with Gasteiger partial charge in [-0.25, -0.2) is 9.48 Å². The van der Waals surface area contributed by atoms with Crippen molar-refractivity contribution in [2.45, 2.75) is 45.1 Å². The van der Waals surface area contributed by atoms with E-state index in [4.69, 9.17) is 5.11 Å². The van der Waals surface area contributed by atoms with Gasteiger partial charge in [0.05, 0.1) is 5.69 Å². The molecule has 0 unspecified atom stereocenters. The van der Waals surface area contributed by atoms with Crippen molar-refractivity contribution in [3.8, 4) is 0 Å². The number of nitrogens with zero attached hydrogens (tertiary/aromatic N) is 4. The number of aromatic carboxylic acids is 1. The molecule has 1 fully saturated rings. The highest BCUT2D eigenvalue weighted by Gasteiger charge is 2.34. The molecule has 0 aliphatic heterocycles. The molecule has 2 rings (SSSR count). The molecule has 1 aliphatic rings. The van der Waals surface area contributed by atoms with Crippen molar-refractivity contribution in [1.29, 1.82) is 0 Å². The van der Waals surface area contributed by atoms with Crippen LogP contribution in [-0.4, -0.2) is 50.5 Å². The summed E-state index contributed by atoms with van der Waals surface area (Å²) in [6, 6.07) is 0. The third-order valence-corrected chi connectivity index (χ3v) is 3.50. The van der Waals surface area contributed by atoms with E-state index in [-0.39, 0.29) is 24.1 Å². The number of amides is 1. The molecule has 0 saturated heterocycles. The first kappa shape index (κ1) is 14.5. The SMILES string of the molecule is CCCCN(C)C(=O)Cn1nnc(C(=O)O)c1C1CC1. The van der Waals surface area contributed by atoms with E-state index >= 15 is 0 Å². The first-order chi connectivity index (χ1) is 9.54. The number of likely N-dealkylation sites (N-methyl/N-ethyl adjacent to an activating group) is 1. The molecule has 7 heteroatoms. The minimum Gasteiger partial charge on any atom is -0.476 e. The Labute approximate surface area is 117 Å². The van der Waals surface area contributed by atoms with Gasteiger partial charge >= 0.3 is 5.97 Å². The summed E-state index contributed by atoms with van der Waals surface area (Å²) in [6.45, 7) is 2.83. The van der Waals surface area contributed by atoms with Gasteiger partial charge in [-0.1, -0.05) is 18.6 Å². The minimum absolute atomic E-state index is 0.0171. The van der Waals surface area contributed by atoms with Crippen molar-refractivity contribution in [1.82, 2.24) is 19.9 Å². The molecular formula is C13H20N4O3. The molecule has 0 radical (unpaired) electrons. The van der Waals surface area contributed by atoms with E-state index in [1.165, 1.54) is 4.68 Å². The van der Waals surface area contributed by atoms with Crippen LogP contribution in [0.4, 0.5) is 0 Å². The lowest BCUT2D eigenvalue weighted by Crippen LogP contribution is -2.31. The molecule has 1 aromatic heterocycles. The van der Waals surface area contributed by atoms with Gasteiger partial charge in [-0.05, 0) is 19.3 Å². The zero-order valence-corrected chi connectivity index (χ0v) is 11.9. The topological polar surface area (TPSA) is 88.3 Å². The fraction of sp³-hybridized carbons (Fsp3) is 0.692. The maximum absolute atomic E-state index is 12.1. The maximum Gasteiger partial charge on any atom is 0.358 e. The summed E-state index contributed by atoms with van der Waals surface area (Å²) in [5.74, 6) is -0.961. The van der Waals surface area contributed by atoms with Gasteiger partial charge in [-0.15, -0.1) is 5.10 Å². The van der Waals surface area contributed by atoms with Gasteiger partial charge in [0, 0.05) is 19.5 Å². The van der Waals surface area contributed by atoms with E-state index in [1.54, 1.807) is 11.9 Å². The Balaban J connectivity index is 2.09. The van der Waals surface area contributed by atoms with Crippen LogP contribution in [-0.2, 0) is 11.3 Å². The van der Waals surface area contributed by atoms with Crippen LogP contribution < -0.4 is 0 Å². The summed E-state index contributed by atoms with van der Waals surface area (Å²) in [7, 11) is 1.75. The van der Waals surface area contributed by atoms with Gasteiger partial charge < -0.3 is 10.0 Å². The third kappa shape index (κ3) is 3.15. The minimum atomic E-state index is -1.08. The van der Waals surface area contributed by atoms with Gasteiger partial charge in [0.1, 0.15) is 6.54 Å². The molecule has 110 valence electrons. The molecule has 7 nitrogen and oxygen atoms in total. The van der Waals surface area contributed by atoms with Crippen LogP contribution in [0.3, 0.4) is 0 Å². The van der Waals surface area contributed by atoms with Crippen molar-refractivity contribution >= 4 is 11.9 Å². The molecule has 1 aromatic rings. The zero-order chi connectivity index (χ0) is 14.7. The molecule has 0 bridgehead atoms. The summed E-state index contributed by atoms with van der Waals surface area (Å²) >= 11 is 0. The van der Waals surface area contributed by atoms with E-state index < -0.39 is 5.97 Å². The number of rotatable bonds is 7. The van der Waals surface area contributed by atoms with Crippen LogP contribution in [0.25, 0.3) is 0 Å². The summed E-state index contributed by atoms with van der Waals surface area (Å²) < 4.78 is 1.45. The number of carboxylic acids is 1. The molecule has 20 heavy (non-hydrogen) atoms. The Bertz CT molecular complexity index is 508. The number of hydrogen-bond donors (Lipinski definition) is 1. The van der Waals surface area contributed by atoms with Gasteiger partial charge in [0.2, 0.25) is 5.91 Å². The van der Waals surface area contributed by atoms with Crippen LogP contribution >= 0.6 is 0 Å². The normalized spacial score (nSPS) is 14.3. The Kier molecular flexibility index (Phi) is 4.36. The third-order valence-electron chi connectivity index (χ3n) is 3.50. The summed E-state index contributed by atoms with van der Waals surface area (Å²) in [5.41, 5.74) is 0.575. The Morgan fingerprint density at radius 3 is 2.70 bits per heavy atom. The number of aromatic nitrogens is 3. The Morgan fingerprint density at radius 2 is 2.15 bits per heavy atom. The van der Waals surface area contributed by atoms with Crippen molar-refractivity contribution in [2.75, 3.05) is 13.6 Å². The second-order valence-electron chi connectivity index (χ2n) is 5.23. The summed E-state index contributed by atoms with van der Waals surface area (Å²) in [6.07, 6.45) is 3.86. The zero-order valence-electron chi connectivity index (χ0n) is 11.9. The Morgan fingerprint density at radius 1 is 1.45 bits per heavy atom. The fourth-order valence-electron chi connectivity index (χ4n) is 2.12. The van der Waals surface area contributed by atoms with E-state index in [9.17, 15) is 9.59 Å². The lowest BCUT2D eigenvalue weighted by atomic mass is 10.2. The number of hydrogen-bond acceptors (Lipinski definition) is 4. The predicted molar refractivity (Wildman–Crippen MR) is 71.5 cm³/mol. The van der Waals surface area contributed by atoms with E-state index in [0.717, 1.165) is 25.7 Å². The highest BCUT2D eigenvalue weighted by molar-refractivity contribution is 5.87. The van der Waals surface area contributed by atoms with Crippen molar-refractivity contribution in [3.63, 3.8) is 0 Å². The first-order valence-corrected chi connectivity index (χ1v) is 6.95. The lowest BCUT2D eigenvalue weighted by Gasteiger charge is -2.17. The largest absolute Gasteiger partial charge is 0.476 e. The summed E-state index contributed by atoms with van der Waals surface area (Å²) in [4.78, 5) is 24.9. The molecule has 1 saturated carbocycles. The standard InChI is InChI=1S/C13H20N4O3/c1-3-4-7-16(2)10(18)8-17-12(9-5-6-9)11(13(19)20)14-15-17/h9H,3-8H2,1-2H3,(H,19,20). The van der Waals surface area contributed by atoms with Crippen molar-refractivity contribution in [3.05, 3.63) is 11.4 Å². The molecule has 1 N–H and O–H groups in total. The van der Waals surface area contributed by atoms with Gasteiger partial charge in [-0.3, -0.25) is 4.79 Å². The highest BCUT2D eigenvalue weighted by Crippen LogP contribution is 2.41. The second-order valence-corrected chi connectivity index (χ2v) is 5.23. The van der Waals surface area contributed by atoms with Crippen LogP contribution in [0.2, 0.25) is 0 Å². The fourth-order valence-corrected chi connectivity index (χ4v) is 2.12. The predicted octanol–water partition coefficient (Wildman–Crippen LogP) is 1.11. The average Bonchev–Trinajstić information content (AvgIpc) is 3.16. The molecule has 1 heterocycles. The van der Waals surface area contributed by atoms with Crippen molar-refractivity contribution < 1.29 is 14.7 Å². The van der Waals surface area contributed by atoms with Gasteiger partial charge in [0.15, 0.2) is 5.69 Å². The number of unbranched alkanes of at least 4 members (excludes halogenated alkanes) is 1. The van der Waals surface area contributed by atoms with Gasteiger partial charge in [0.25, 0.3) is 0 Å². The molecular weight excluding hydrogens is 260 g/mol. The van der Waals surface area contributed by atoms with Gasteiger partial charge in [-0.2, -0.15) is 0 Å². The highest BCUT2D eigenvalue weighted by atomic mass is 16.4. The Hall–Kier alpha value is -1.92. The molecule has 0 aromatic carbocycles. The monoisotopic (exact) mass is 280 g/mol. The van der Waals surface area contributed by atoms with Crippen molar-refractivity contribution in [2.24, 2.45) is 0 Å². The smallest absolute Gasteiger partial charge is 0.358 e. The van der Waals surface area contributed by atoms with E-state index in [0.29, 0.717) is 12.2 Å².